The van der Waals surface area contributed by atoms with Crippen molar-refractivity contribution in [3.8, 4) is 0 Å². The van der Waals surface area contributed by atoms with Crippen LogP contribution in [0.1, 0.15) is 32.6 Å². The van der Waals surface area contributed by atoms with E-state index in [2.05, 4.69) is 48.6 Å². The highest BCUT2D eigenvalue weighted by Crippen LogP contribution is 2.37. The number of rotatable bonds is 3. The van der Waals surface area contributed by atoms with Crippen LogP contribution in [0.5, 0.6) is 0 Å². The molecule has 19 heavy (non-hydrogen) atoms. The minimum Gasteiger partial charge on any atom is -0.384 e. The summed E-state index contributed by atoms with van der Waals surface area (Å²) in [5.74, 6) is 1.42. The summed E-state index contributed by atoms with van der Waals surface area (Å²) in [4.78, 5) is 2.45. The highest BCUT2D eigenvalue weighted by Gasteiger charge is 2.33. The standard InChI is InChI=1S/C17H26N2/c1-3-4-13-5-6-17-15(11-13)16(12-18-17)14-7-9-19(2)10-8-14/h5-6,11-12,14-15,17-18H,3-4,7-10H2,1-2H3. The fraction of sp³-hybridized carbons (Fsp3) is 0.647. The van der Waals surface area contributed by atoms with Gasteiger partial charge < -0.3 is 10.2 Å². The van der Waals surface area contributed by atoms with Crippen molar-refractivity contribution in [1.29, 1.82) is 0 Å². The van der Waals surface area contributed by atoms with Gasteiger partial charge in [0.1, 0.15) is 0 Å². The first kappa shape index (κ1) is 13.0. The van der Waals surface area contributed by atoms with Crippen LogP contribution in [-0.4, -0.2) is 31.1 Å². The summed E-state index contributed by atoms with van der Waals surface area (Å²) in [7, 11) is 2.24. The summed E-state index contributed by atoms with van der Waals surface area (Å²) in [6.07, 6.45) is 14.7. The number of likely N-dealkylation sites (tertiary alicyclic amines) is 1. The van der Waals surface area contributed by atoms with Crippen molar-refractivity contribution < 1.29 is 0 Å². The predicted molar refractivity (Wildman–Crippen MR) is 80.8 cm³/mol. The molecule has 0 amide bonds. The Morgan fingerprint density at radius 2 is 2.11 bits per heavy atom. The highest BCUT2D eigenvalue weighted by atomic mass is 15.1. The molecule has 0 spiro atoms. The Morgan fingerprint density at radius 3 is 2.84 bits per heavy atom. The first-order valence-corrected chi connectivity index (χ1v) is 7.81. The number of nitrogens with one attached hydrogen (secondary N) is 1. The largest absolute Gasteiger partial charge is 0.384 e. The third-order valence-corrected chi connectivity index (χ3v) is 4.85. The second-order valence-corrected chi connectivity index (χ2v) is 6.29. The zero-order chi connectivity index (χ0) is 13.2. The zero-order valence-electron chi connectivity index (χ0n) is 12.2. The first-order chi connectivity index (χ1) is 9.28. The normalized spacial score (nSPS) is 31.7. The van der Waals surface area contributed by atoms with E-state index in [-0.39, 0.29) is 0 Å². The van der Waals surface area contributed by atoms with Crippen molar-refractivity contribution in [2.75, 3.05) is 20.1 Å². The van der Waals surface area contributed by atoms with E-state index in [0.29, 0.717) is 12.0 Å². The Labute approximate surface area is 117 Å². The zero-order valence-corrected chi connectivity index (χ0v) is 12.2. The summed E-state index contributed by atoms with van der Waals surface area (Å²) in [5.41, 5.74) is 3.20. The molecule has 1 saturated heterocycles. The lowest BCUT2D eigenvalue weighted by molar-refractivity contribution is 0.233. The molecular formula is C17H26N2. The van der Waals surface area contributed by atoms with Gasteiger partial charge in [-0.15, -0.1) is 0 Å². The van der Waals surface area contributed by atoms with Crippen LogP contribution in [0.4, 0.5) is 0 Å². The smallest absolute Gasteiger partial charge is 0.0543 e. The van der Waals surface area contributed by atoms with E-state index < -0.39 is 0 Å². The van der Waals surface area contributed by atoms with E-state index in [1.165, 1.54) is 44.3 Å². The molecule has 1 N–H and O–H groups in total. The molecule has 2 unspecified atom stereocenters. The molecule has 2 aliphatic heterocycles. The molecule has 2 heterocycles. The first-order valence-electron chi connectivity index (χ1n) is 7.81. The summed E-state index contributed by atoms with van der Waals surface area (Å²) in [5, 5.41) is 3.57. The molecule has 0 bridgehead atoms. The number of hydrogen-bond acceptors (Lipinski definition) is 2. The highest BCUT2D eigenvalue weighted by molar-refractivity contribution is 5.37. The monoisotopic (exact) mass is 258 g/mol. The van der Waals surface area contributed by atoms with Gasteiger partial charge in [-0.2, -0.15) is 0 Å². The molecule has 1 fully saturated rings. The molecule has 1 aliphatic carbocycles. The maximum absolute atomic E-state index is 3.57. The van der Waals surface area contributed by atoms with Crippen molar-refractivity contribution >= 4 is 0 Å². The number of fused-ring (bicyclic) bond motifs is 1. The number of hydrogen-bond donors (Lipinski definition) is 1. The summed E-state index contributed by atoms with van der Waals surface area (Å²) < 4.78 is 0. The van der Waals surface area contributed by atoms with E-state index in [1.54, 1.807) is 5.57 Å². The number of allylic oxidation sites excluding steroid dienone is 2. The molecule has 0 aromatic heterocycles. The van der Waals surface area contributed by atoms with Gasteiger partial charge in [0.05, 0.1) is 6.04 Å². The van der Waals surface area contributed by atoms with Crippen molar-refractivity contribution in [3.63, 3.8) is 0 Å². The van der Waals surface area contributed by atoms with Crippen molar-refractivity contribution in [1.82, 2.24) is 10.2 Å². The third kappa shape index (κ3) is 2.64. The maximum atomic E-state index is 3.57. The molecule has 3 aliphatic rings. The van der Waals surface area contributed by atoms with Crippen LogP contribution < -0.4 is 5.32 Å². The molecule has 2 heteroatoms. The fourth-order valence-electron chi connectivity index (χ4n) is 3.68. The van der Waals surface area contributed by atoms with E-state index in [1.807, 2.05) is 0 Å². The lowest BCUT2D eigenvalue weighted by atomic mass is 9.78. The Balaban J connectivity index is 1.71. The maximum Gasteiger partial charge on any atom is 0.0543 e. The summed E-state index contributed by atoms with van der Waals surface area (Å²) in [6.45, 7) is 4.77. The Morgan fingerprint density at radius 1 is 1.32 bits per heavy atom. The Kier molecular flexibility index (Phi) is 3.79. The van der Waals surface area contributed by atoms with Crippen LogP contribution in [-0.2, 0) is 0 Å². The minimum absolute atomic E-state index is 0.523. The van der Waals surface area contributed by atoms with Crippen LogP contribution in [0, 0.1) is 11.8 Å². The molecule has 3 rings (SSSR count). The molecule has 0 radical (unpaired) electrons. The number of piperidine rings is 1. The van der Waals surface area contributed by atoms with E-state index in [9.17, 15) is 0 Å². The topological polar surface area (TPSA) is 15.3 Å². The third-order valence-electron chi connectivity index (χ3n) is 4.85. The lowest BCUT2D eigenvalue weighted by Gasteiger charge is -2.32. The van der Waals surface area contributed by atoms with E-state index in [0.717, 1.165) is 5.92 Å². The second kappa shape index (κ2) is 5.54. The van der Waals surface area contributed by atoms with Gasteiger partial charge in [-0.1, -0.05) is 37.1 Å². The van der Waals surface area contributed by atoms with E-state index >= 15 is 0 Å². The average Bonchev–Trinajstić information content (AvgIpc) is 2.83. The molecule has 104 valence electrons. The summed E-state index contributed by atoms with van der Waals surface area (Å²) in [6, 6.07) is 0.523. The van der Waals surface area contributed by atoms with Gasteiger partial charge in [0.2, 0.25) is 0 Å². The molecule has 2 nitrogen and oxygen atoms in total. The van der Waals surface area contributed by atoms with Crippen LogP contribution >= 0.6 is 0 Å². The van der Waals surface area contributed by atoms with Crippen LogP contribution in [0.25, 0.3) is 0 Å². The van der Waals surface area contributed by atoms with Gasteiger partial charge in [0, 0.05) is 5.92 Å². The SMILES string of the molecule is CCCC1=CC2C(C3CCN(C)CC3)=CNC2C=C1. The fourth-order valence-corrected chi connectivity index (χ4v) is 3.68. The van der Waals surface area contributed by atoms with Crippen LogP contribution in [0.3, 0.4) is 0 Å². The van der Waals surface area contributed by atoms with Crippen molar-refractivity contribution in [2.24, 2.45) is 11.8 Å². The van der Waals surface area contributed by atoms with Crippen LogP contribution in [0.2, 0.25) is 0 Å². The van der Waals surface area contributed by atoms with Gasteiger partial charge in [0.25, 0.3) is 0 Å². The van der Waals surface area contributed by atoms with Gasteiger partial charge in [0.15, 0.2) is 0 Å². The molecule has 2 atom stereocenters. The Bertz CT molecular complexity index is 411. The van der Waals surface area contributed by atoms with Gasteiger partial charge in [-0.05, 0) is 57.1 Å². The van der Waals surface area contributed by atoms with Crippen molar-refractivity contribution in [3.05, 3.63) is 35.6 Å². The second-order valence-electron chi connectivity index (χ2n) is 6.29. The molecule has 0 aromatic rings. The quantitative estimate of drug-likeness (QED) is 0.837. The molecular weight excluding hydrogens is 232 g/mol. The van der Waals surface area contributed by atoms with Crippen molar-refractivity contribution in [2.45, 2.75) is 38.6 Å². The Hall–Kier alpha value is -1.02. The van der Waals surface area contributed by atoms with Gasteiger partial charge in [-0.3, -0.25) is 0 Å². The minimum atomic E-state index is 0.523. The summed E-state index contributed by atoms with van der Waals surface area (Å²) >= 11 is 0. The molecule has 0 aromatic carbocycles. The number of nitrogens with zero attached hydrogens (tertiary/aromatic N) is 1. The van der Waals surface area contributed by atoms with E-state index in [4.69, 9.17) is 0 Å². The predicted octanol–water partition coefficient (Wildman–Crippen LogP) is 3.10. The molecule has 0 saturated carbocycles. The van der Waals surface area contributed by atoms with Gasteiger partial charge >= 0.3 is 0 Å². The van der Waals surface area contributed by atoms with Gasteiger partial charge in [-0.25, -0.2) is 0 Å². The van der Waals surface area contributed by atoms with Crippen LogP contribution in [0.15, 0.2) is 35.6 Å². The average molecular weight is 258 g/mol. The lowest BCUT2D eigenvalue weighted by Crippen LogP contribution is -2.33.